The van der Waals surface area contributed by atoms with E-state index in [1.54, 1.807) is 14.0 Å². The zero-order valence-electron chi connectivity index (χ0n) is 7.03. The molecule has 0 aromatic carbocycles. The molecule has 4 nitrogen and oxygen atoms in total. The van der Waals surface area contributed by atoms with Gasteiger partial charge >= 0.3 is 0 Å². The van der Waals surface area contributed by atoms with E-state index >= 15 is 0 Å². The summed E-state index contributed by atoms with van der Waals surface area (Å²) in [6.45, 7) is 1.72. The zero-order valence-corrected chi connectivity index (χ0v) is 7.78. The third-order valence-electron chi connectivity index (χ3n) is 1.72. The van der Waals surface area contributed by atoms with Crippen LogP contribution in [0.2, 0.25) is 5.02 Å². The Bertz CT molecular complexity index is 252. The molecule has 0 saturated heterocycles. The van der Waals surface area contributed by atoms with Gasteiger partial charge in [-0.2, -0.15) is 5.10 Å². The second-order valence-electron chi connectivity index (χ2n) is 2.81. The van der Waals surface area contributed by atoms with Crippen molar-refractivity contribution in [2.75, 3.05) is 0 Å². The summed E-state index contributed by atoms with van der Waals surface area (Å²) >= 11 is 5.79. The number of hydrogen-bond donors (Lipinski definition) is 2. The van der Waals surface area contributed by atoms with Crippen molar-refractivity contribution >= 4 is 11.6 Å². The largest absolute Gasteiger partial charge is 0.385 e. The third kappa shape index (κ3) is 1.60. The molecule has 0 amide bonds. The van der Waals surface area contributed by atoms with Gasteiger partial charge in [0.15, 0.2) is 0 Å². The Kier molecular flexibility index (Phi) is 2.72. The van der Waals surface area contributed by atoms with E-state index in [4.69, 9.17) is 17.3 Å². The average Bonchev–Trinajstić information content (AvgIpc) is 2.30. The predicted octanol–water partition coefficient (Wildman–Crippen LogP) is 0.454. The first kappa shape index (κ1) is 9.51. The quantitative estimate of drug-likeness (QED) is 0.710. The van der Waals surface area contributed by atoms with Crippen molar-refractivity contribution in [1.29, 1.82) is 0 Å². The van der Waals surface area contributed by atoms with Crippen LogP contribution in [0.25, 0.3) is 0 Å². The highest BCUT2D eigenvalue weighted by Crippen LogP contribution is 2.23. The minimum atomic E-state index is -0.759. The highest BCUT2D eigenvalue weighted by molar-refractivity contribution is 6.31. The van der Waals surface area contributed by atoms with E-state index in [9.17, 15) is 5.11 Å². The number of aliphatic hydroxyl groups is 1. The van der Waals surface area contributed by atoms with Gasteiger partial charge in [0.1, 0.15) is 6.10 Å². The van der Waals surface area contributed by atoms with Crippen molar-refractivity contribution in [3.05, 3.63) is 16.9 Å². The zero-order chi connectivity index (χ0) is 9.30. The molecule has 0 radical (unpaired) electrons. The van der Waals surface area contributed by atoms with Crippen molar-refractivity contribution in [1.82, 2.24) is 9.78 Å². The Morgan fingerprint density at radius 2 is 2.33 bits per heavy atom. The van der Waals surface area contributed by atoms with E-state index in [1.807, 2.05) is 0 Å². The van der Waals surface area contributed by atoms with Crippen LogP contribution >= 0.6 is 11.6 Å². The Labute approximate surface area is 75.9 Å². The summed E-state index contributed by atoms with van der Waals surface area (Å²) in [4.78, 5) is 0. The highest BCUT2D eigenvalue weighted by Gasteiger charge is 2.19. The van der Waals surface area contributed by atoms with Crippen LogP contribution in [0.5, 0.6) is 0 Å². The van der Waals surface area contributed by atoms with Gasteiger partial charge < -0.3 is 10.8 Å². The van der Waals surface area contributed by atoms with Crippen LogP contribution in [0.3, 0.4) is 0 Å². The van der Waals surface area contributed by atoms with Gasteiger partial charge in [-0.25, -0.2) is 0 Å². The van der Waals surface area contributed by atoms with Gasteiger partial charge in [-0.15, -0.1) is 0 Å². The van der Waals surface area contributed by atoms with Gasteiger partial charge in [-0.3, -0.25) is 4.68 Å². The molecule has 5 heteroatoms. The van der Waals surface area contributed by atoms with Crippen LogP contribution in [0.1, 0.15) is 18.7 Å². The van der Waals surface area contributed by atoms with E-state index in [2.05, 4.69) is 5.10 Å². The molecular weight excluding hydrogens is 178 g/mol. The lowest BCUT2D eigenvalue weighted by Gasteiger charge is -2.14. The molecule has 0 aliphatic rings. The molecule has 2 atom stereocenters. The number of halogens is 1. The molecule has 1 aromatic heterocycles. The SMILES string of the molecule is CC(N)C(O)c1c(Cl)cnn1C. The van der Waals surface area contributed by atoms with E-state index in [-0.39, 0.29) is 6.04 Å². The van der Waals surface area contributed by atoms with Crippen molar-refractivity contribution in [2.24, 2.45) is 12.8 Å². The summed E-state index contributed by atoms with van der Waals surface area (Å²) in [6, 6.07) is -0.349. The Balaban J connectivity index is 3.00. The van der Waals surface area contributed by atoms with Crippen LogP contribution in [0.4, 0.5) is 0 Å². The van der Waals surface area contributed by atoms with Gasteiger partial charge in [0.25, 0.3) is 0 Å². The molecule has 0 aliphatic carbocycles. The number of nitrogens with zero attached hydrogens (tertiary/aromatic N) is 2. The lowest BCUT2D eigenvalue weighted by molar-refractivity contribution is 0.144. The summed E-state index contributed by atoms with van der Waals surface area (Å²) in [7, 11) is 1.72. The van der Waals surface area contributed by atoms with Crippen molar-refractivity contribution < 1.29 is 5.11 Å². The highest BCUT2D eigenvalue weighted by atomic mass is 35.5. The lowest BCUT2D eigenvalue weighted by Crippen LogP contribution is -2.26. The smallest absolute Gasteiger partial charge is 0.112 e. The number of aryl methyl sites for hydroxylation is 1. The number of nitrogens with two attached hydrogens (primary N) is 1. The number of aromatic nitrogens is 2. The summed E-state index contributed by atoms with van der Waals surface area (Å²) in [6.07, 6.45) is 0.729. The van der Waals surface area contributed by atoms with Crippen molar-refractivity contribution in [3.8, 4) is 0 Å². The van der Waals surface area contributed by atoms with Crippen LogP contribution in [0, 0.1) is 0 Å². The van der Waals surface area contributed by atoms with Gasteiger partial charge in [0, 0.05) is 13.1 Å². The number of hydrogen-bond acceptors (Lipinski definition) is 3. The Morgan fingerprint density at radius 3 is 2.67 bits per heavy atom. The van der Waals surface area contributed by atoms with Gasteiger partial charge in [0.05, 0.1) is 16.9 Å². The van der Waals surface area contributed by atoms with Crippen LogP contribution in [-0.2, 0) is 7.05 Å². The lowest BCUT2D eigenvalue weighted by atomic mass is 10.1. The van der Waals surface area contributed by atoms with Crippen LogP contribution in [-0.4, -0.2) is 20.9 Å². The summed E-state index contributed by atoms with van der Waals surface area (Å²) in [5, 5.41) is 13.9. The first-order chi connectivity index (χ1) is 5.54. The fourth-order valence-electron chi connectivity index (χ4n) is 1.00. The van der Waals surface area contributed by atoms with Crippen molar-refractivity contribution in [3.63, 3.8) is 0 Å². The molecule has 1 rings (SSSR count). The van der Waals surface area contributed by atoms with Gasteiger partial charge in [-0.1, -0.05) is 11.6 Å². The summed E-state index contributed by atoms with van der Waals surface area (Å²) in [5.41, 5.74) is 6.08. The maximum Gasteiger partial charge on any atom is 0.112 e. The standard InChI is InChI=1S/C7H12ClN3O/c1-4(9)7(12)6-5(8)3-10-11(6)2/h3-4,7,12H,9H2,1-2H3. The number of rotatable bonds is 2. The van der Waals surface area contributed by atoms with Crippen molar-refractivity contribution in [2.45, 2.75) is 19.1 Å². The molecule has 0 aliphatic heterocycles. The summed E-state index contributed by atoms with van der Waals surface area (Å²) < 4.78 is 1.52. The van der Waals surface area contributed by atoms with E-state index in [0.717, 1.165) is 0 Å². The van der Waals surface area contributed by atoms with Gasteiger partial charge in [0.2, 0.25) is 0 Å². The fraction of sp³-hybridized carbons (Fsp3) is 0.571. The minimum Gasteiger partial charge on any atom is -0.385 e. The first-order valence-corrected chi connectivity index (χ1v) is 4.03. The fourth-order valence-corrected chi connectivity index (χ4v) is 1.28. The normalized spacial score (nSPS) is 16.1. The van der Waals surface area contributed by atoms with Gasteiger partial charge in [-0.05, 0) is 6.92 Å². The first-order valence-electron chi connectivity index (χ1n) is 3.65. The summed E-state index contributed by atoms with van der Waals surface area (Å²) in [5.74, 6) is 0. The predicted molar refractivity (Wildman–Crippen MR) is 46.8 cm³/mol. The minimum absolute atomic E-state index is 0.349. The average molecular weight is 190 g/mol. The molecule has 0 saturated carbocycles. The second-order valence-corrected chi connectivity index (χ2v) is 3.21. The van der Waals surface area contributed by atoms with E-state index < -0.39 is 6.10 Å². The molecule has 2 unspecified atom stereocenters. The molecule has 1 aromatic rings. The Hall–Kier alpha value is -0.580. The molecular formula is C7H12ClN3O. The van der Waals surface area contributed by atoms with E-state index in [0.29, 0.717) is 10.7 Å². The van der Waals surface area contributed by atoms with Crippen LogP contribution < -0.4 is 5.73 Å². The third-order valence-corrected chi connectivity index (χ3v) is 2.01. The monoisotopic (exact) mass is 189 g/mol. The number of aliphatic hydroxyl groups excluding tert-OH is 1. The Morgan fingerprint density at radius 1 is 1.75 bits per heavy atom. The molecule has 3 N–H and O–H groups in total. The molecule has 12 heavy (non-hydrogen) atoms. The van der Waals surface area contributed by atoms with Crippen LogP contribution in [0.15, 0.2) is 6.20 Å². The molecule has 0 spiro atoms. The molecule has 0 fully saturated rings. The van der Waals surface area contributed by atoms with E-state index in [1.165, 1.54) is 10.9 Å². The maximum atomic E-state index is 9.58. The maximum absolute atomic E-state index is 9.58. The second kappa shape index (κ2) is 3.43. The molecule has 68 valence electrons. The topological polar surface area (TPSA) is 64.1 Å². The molecule has 0 bridgehead atoms. The molecule has 1 heterocycles.